The Kier molecular flexibility index (Phi) is 3.93. The first-order valence-corrected chi connectivity index (χ1v) is 6.66. The molecule has 0 saturated carbocycles. The van der Waals surface area contributed by atoms with Crippen LogP contribution in [0.2, 0.25) is 0 Å². The Bertz CT molecular complexity index is 578. The third-order valence-corrected chi connectivity index (χ3v) is 4.10. The van der Waals surface area contributed by atoms with E-state index in [4.69, 9.17) is 10.9 Å². The number of hydrogen-bond donors (Lipinski definition) is 4. The number of piperidine rings is 1. The van der Waals surface area contributed by atoms with E-state index in [9.17, 15) is 15.0 Å². The molecular formula is C14H19N3O4. The van der Waals surface area contributed by atoms with Gasteiger partial charge in [-0.05, 0) is 31.0 Å². The minimum atomic E-state index is -0.414. The number of nitrogens with two attached hydrogens (primary N) is 1. The van der Waals surface area contributed by atoms with E-state index in [1.54, 1.807) is 4.90 Å². The summed E-state index contributed by atoms with van der Waals surface area (Å²) < 4.78 is 0. The highest BCUT2D eigenvalue weighted by atomic mass is 16.4. The second-order valence-corrected chi connectivity index (χ2v) is 5.54. The average Bonchev–Trinajstić information content (AvgIpc) is 2.49. The van der Waals surface area contributed by atoms with Crippen molar-refractivity contribution in [1.29, 1.82) is 0 Å². The Morgan fingerprint density at radius 3 is 2.43 bits per heavy atom. The van der Waals surface area contributed by atoms with E-state index in [0.717, 1.165) is 0 Å². The molecule has 0 spiro atoms. The van der Waals surface area contributed by atoms with Crippen molar-refractivity contribution in [1.82, 2.24) is 4.90 Å². The SMILES string of the molecule is CC1(/C(N)=N/O)CCN(C(=O)c2ccc(O)c(O)c2)CC1. The third kappa shape index (κ3) is 2.86. The van der Waals surface area contributed by atoms with Gasteiger partial charge in [-0.3, -0.25) is 4.79 Å². The quantitative estimate of drug-likeness (QED) is 0.214. The summed E-state index contributed by atoms with van der Waals surface area (Å²) in [4.78, 5) is 14.0. The summed E-state index contributed by atoms with van der Waals surface area (Å²) in [6.45, 7) is 2.86. The van der Waals surface area contributed by atoms with Gasteiger partial charge in [-0.25, -0.2) is 0 Å². The number of oxime groups is 1. The number of benzene rings is 1. The lowest BCUT2D eigenvalue weighted by atomic mass is 9.79. The summed E-state index contributed by atoms with van der Waals surface area (Å²) in [5, 5.41) is 30.6. The number of carbonyl (C=O) groups is 1. The summed E-state index contributed by atoms with van der Waals surface area (Å²) in [5.74, 6) is -0.618. The number of carbonyl (C=O) groups excluding carboxylic acids is 1. The molecule has 7 heteroatoms. The van der Waals surface area contributed by atoms with Gasteiger partial charge in [0.25, 0.3) is 5.91 Å². The van der Waals surface area contributed by atoms with E-state index in [-0.39, 0.29) is 23.2 Å². The molecule has 1 saturated heterocycles. The molecule has 0 unspecified atom stereocenters. The van der Waals surface area contributed by atoms with Crippen LogP contribution in [0.1, 0.15) is 30.1 Å². The number of rotatable bonds is 2. The summed E-state index contributed by atoms with van der Waals surface area (Å²) >= 11 is 0. The number of nitrogens with zero attached hydrogens (tertiary/aromatic N) is 2. The maximum Gasteiger partial charge on any atom is 0.253 e. The van der Waals surface area contributed by atoms with Gasteiger partial charge < -0.3 is 26.1 Å². The number of likely N-dealkylation sites (tertiary alicyclic amines) is 1. The lowest BCUT2D eigenvalue weighted by molar-refractivity contribution is 0.0666. The summed E-state index contributed by atoms with van der Waals surface area (Å²) in [6.07, 6.45) is 1.19. The fourth-order valence-electron chi connectivity index (χ4n) is 2.42. The summed E-state index contributed by atoms with van der Waals surface area (Å²) in [6, 6.07) is 4.00. The van der Waals surface area contributed by atoms with Crippen LogP contribution in [-0.2, 0) is 0 Å². The molecule has 2 rings (SSSR count). The van der Waals surface area contributed by atoms with Crippen molar-refractivity contribution in [2.24, 2.45) is 16.3 Å². The molecule has 114 valence electrons. The molecule has 7 nitrogen and oxygen atoms in total. The predicted octanol–water partition coefficient (Wildman–Crippen LogP) is 1.09. The van der Waals surface area contributed by atoms with E-state index < -0.39 is 5.41 Å². The second kappa shape index (κ2) is 5.51. The number of phenols is 2. The molecule has 1 amide bonds. The van der Waals surface area contributed by atoms with Crippen LogP contribution in [0, 0.1) is 5.41 Å². The van der Waals surface area contributed by atoms with E-state index in [1.807, 2.05) is 6.92 Å². The molecule has 1 fully saturated rings. The fourth-order valence-corrected chi connectivity index (χ4v) is 2.42. The highest BCUT2D eigenvalue weighted by Crippen LogP contribution is 2.32. The maximum absolute atomic E-state index is 12.3. The number of amidine groups is 1. The molecule has 1 aromatic rings. The maximum atomic E-state index is 12.3. The van der Waals surface area contributed by atoms with Crippen molar-refractivity contribution in [3.63, 3.8) is 0 Å². The van der Waals surface area contributed by atoms with Gasteiger partial charge in [0.15, 0.2) is 11.5 Å². The Balaban J connectivity index is 2.08. The smallest absolute Gasteiger partial charge is 0.253 e. The van der Waals surface area contributed by atoms with E-state index >= 15 is 0 Å². The van der Waals surface area contributed by atoms with Gasteiger partial charge >= 0.3 is 0 Å². The van der Waals surface area contributed by atoms with Crippen molar-refractivity contribution in [3.05, 3.63) is 23.8 Å². The second-order valence-electron chi connectivity index (χ2n) is 5.54. The predicted molar refractivity (Wildman–Crippen MR) is 76.4 cm³/mol. The standard InChI is InChI=1S/C14H19N3O4/c1-14(13(15)16-21)4-6-17(7-5-14)12(20)9-2-3-10(18)11(19)8-9/h2-3,8,18-19,21H,4-7H2,1H3,(H2,15,16). The largest absolute Gasteiger partial charge is 0.504 e. The minimum absolute atomic E-state index is 0.178. The lowest BCUT2D eigenvalue weighted by Gasteiger charge is -2.38. The van der Waals surface area contributed by atoms with Crippen LogP contribution < -0.4 is 5.73 Å². The van der Waals surface area contributed by atoms with Crippen molar-refractivity contribution in [2.45, 2.75) is 19.8 Å². The molecule has 5 N–H and O–H groups in total. The Labute approximate surface area is 122 Å². The van der Waals surface area contributed by atoms with E-state index in [0.29, 0.717) is 31.5 Å². The van der Waals surface area contributed by atoms with Crippen molar-refractivity contribution in [2.75, 3.05) is 13.1 Å². The zero-order valence-corrected chi connectivity index (χ0v) is 11.8. The van der Waals surface area contributed by atoms with Crippen LogP contribution in [0.3, 0.4) is 0 Å². The lowest BCUT2D eigenvalue weighted by Crippen LogP contribution is -2.47. The molecule has 0 atom stereocenters. The number of aromatic hydroxyl groups is 2. The first-order chi connectivity index (χ1) is 9.87. The van der Waals surface area contributed by atoms with Gasteiger partial charge in [-0.15, -0.1) is 0 Å². The minimum Gasteiger partial charge on any atom is -0.504 e. The van der Waals surface area contributed by atoms with Gasteiger partial charge in [0.05, 0.1) is 0 Å². The van der Waals surface area contributed by atoms with Crippen molar-refractivity contribution >= 4 is 11.7 Å². The average molecular weight is 293 g/mol. The molecule has 0 radical (unpaired) electrons. The molecule has 1 aromatic carbocycles. The molecule has 21 heavy (non-hydrogen) atoms. The van der Waals surface area contributed by atoms with Crippen LogP contribution in [-0.4, -0.2) is 45.2 Å². The number of phenolic OH excluding ortho intramolecular Hbond substituents is 2. The molecule has 1 aliphatic rings. The number of hydrogen-bond acceptors (Lipinski definition) is 5. The van der Waals surface area contributed by atoms with Crippen LogP contribution >= 0.6 is 0 Å². The zero-order chi connectivity index (χ0) is 15.6. The normalized spacial score (nSPS) is 18.5. The monoisotopic (exact) mass is 293 g/mol. The Morgan fingerprint density at radius 2 is 1.90 bits per heavy atom. The molecule has 1 aliphatic heterocycles. The highest BCUT2D eigenvalue weighted by Gasteiger charge is 2.35. The molecule has 0 aliphatic carbocycles. The molecule has 0 bridgehead atoms. The van der Waals surface area contributed by atoms with Crippen LogP contribution in [0.4, 0.5) is 0 Å². The van der Waals surface area contributed by atoms with Crippen molar-refractivity contribution in [3.8, 4) is 11.5 Å². The van der Waals surface area contributed by atoms with Gasteiger partial charge in [-0.1, -0.05) is 12.1 Å². The zero-order valence-electron chi connectivity index (χ0n) is 11.8. The van der Waals surface area contributed by atoms with Crippen LogP contribution in [0.15, 0.2) is 23.4 Å². The summed E-state index contributed by atoms with van der Waals surface area (Å²) in [7, 11) is 0. The first-order valence-electron chi connectivity index (χ1n) is 6.66. The Hall–Kier alpha value is -2.44. The van der Waals surface area contributed by atoms with Gasteiger partial charge in [0.1, 0.15) is 5.84 Å². The third-order valence-electron chi connectivity index (χ3n) is 4.10. The molecular weight excluding hydrogens is 274 g/mol. The van der Waals surface area contributed by atoms with Crippen LogP contribution in [0.5, 0.6) is 11.5 Å². The van der Waals surface area contributed by atoms with Crippen LogP contribution in [0.25, 0.3) is 0 Å². The van der Waals surface area contributed by atoms with Gasteiger partial charge in [0.2, 0.25) is 0 Å². The summed E-state index contributed by atoms with van der Waals surface area (Å²) in [5.41, 5.74) is 5.59. The highest BCUT2D eigenvalue weighted by molar-refractivity contribution is 5.95. The topological polar surface area (TPSA) is 119 Å². The van der Waals surface area contributed by atoms with Gasteiger partial charge in [-0.2, -0.15) is 0 Å². The first kappa shape index (κ1) is 15.0. The fraction of sp³-hybridized carbons (Fsp3) is 0.429. The molecule has 1 heterocycles. The van der Waals surface area contributed by atoms with E-state index in [1.165, 1.54) is 18.2 Å². The Morgan fingerprint density at radius 1 is 1.29 bits per heavy atom. The molecule has 0 aromatic heterocycles. The van der Waals surface area contributed by atoms with Crippen molar-refractivity contribution < 1.29 is 20.2 Å². The van der Waals surface area contributed by atoms with Gasteiger partial charge in [0, 0.05) is 24.1 Å². The number of amides is 1. The van der Waals surface area contributed by atoms with E-state index in [2.05, 4.69) is 5.16 Å².